The van der Waals surface area contributed by atoms with Crippen molar-refractivity contribution in [2.45, 2.75) is 37.0 Å². The highest BCUT2D eigenvalue weighted by molar-refractivity contribution is 5.27. The van der Waals surface area contributed by atoms with Gasteiger partial charge in [-0.1, -0.05) is 12.2 Å². The Kier molecular flexibility index (Phi) is 2.05. The average molecular weight is 300 g/mol. The SMILES string of the molecule is NC1(N)C2CC(C3CC2C2C4CC(C5C=CC4C5)C32)C1(N)N. The maximum atomic E-state index is 6.54. The number of nitrogens with two attached hydrogens (primary N) is 4. The van der Waals surface area contributed by atoms with E-state index in [1.54, 1.807) is 0 Å². The molecule has 120 valence electrons. The summed E-state index contributed by atoms with van der Waals surface area (Å²) in [4.78, 5) is 0. The molecule has 4 nitrogen and oxygen atoms in total. The van der Waals surface area contributed by atoms with E-state index in [4.69, 9.17) is 22.9 Å². The van der Waals surface area contributed by atoms with Crippen molar-refractivity contribution >= 4 is 0 Å². The first-order valence-electron chi connectivity index (χ1n) is 9.25. The lowest BCUT2D eigenvalue weighted by molar-refractivity contribution is 0.0972. The summed E-state index contributed by atoms with van der Waals surface area (Å²) in [6, 6.07) is 0. The molecule has 6 aliphatic carbocycles. The molecule has 0 aromatic rings. The zero-order valence-electron chi connectivity index (χ0n) is 13.1. The van der Waals surface area contributed by atoms with Crippen LogP contribution < -0.4 is 22.9 Å². The third kappa shape index (κ3) is 1.12. The maximum Gasteiger partial charge on any atom is 0.0990 e. The second-order valence-electron chi connectivity index (χ2n) is 9.54. The predicted octanol–water partition coefficient (Wildman–Crippen LogP) is 0.574. The fourth-order valence-corrected chi connectivity index (χ4v) is 8.58. The van der Waals surface area contributed by atoms with Crippen LogP contribution in [0.2, 0.25) is 0 Å². The Hall–Kier alpha value is -0.420. The van der Waals surface area contributed by atoms with E-state index >= 15 is 0 Å². The van der Waals surface area contributed by atoms with E-state index < -0.39 is 11.3 Å². The van der Waals surface area contributed by atoms with Crippen LogP contribution in [0.1, 0.15) is 25.7 Å². The Morgan fingerprint density at radius 2 is 1.05 bits per heavy atom. The van der Waals surface area contributed by atoms with Crippen molar-refractivity contribution in [3.05, 3.63) is 12.2 Å². The summed E-state index contributed by atoms with van der Waals surface area (Å²) in [5.74, 6) is 7.18. The molecule has 10 atom stereocenters. The Labute approximate surface area is 132 Å². The number of hydrogen-bond acceptors (Lipinski definition) is 4. The molecule has 10 unspecified atom stereocenters. The van der Waals surface area contributed by atoms with Crippen molar-refractivity contribution in [1.82, 2.24) is 0 Å². The lowest BCUT2D eigenvalue weighted by Gasteiger charge is -2.44. The van der Waals surface area contributed by atoms with Crippen LogP contribution in [0, 0.1) is 59.2 Å². The molecule has 0 aromatic carbocycles. The van der Waals surface area contributed by atoms with Crippen LogP contribution in [0.15, 0.2) is 12.2 Å². The highest BCUT2D eigenvalue weighted by Gasteiger charge is 2.73. The van der Waals surface area contributed by atoms with E-state index in [2.05, 4.69) is 12.2 Å². The van der Waals surface area contributed by atoms with E-state index in [-0.39, 0.29) is 0 Å². The second-order valence-corrected chi connectivity index (χ2v) is 9.54. The summed E-state index contributed by atoms with van der Waals surface area (Å²) in [5, 5.41) is 0. The molecule has 0 amide bonds. The lowest BCUT2D eigenvalue weighted by atomic mass is 9.68. The fraction of sp³-hybridized carbons (Fsp3) is 0.889. The summed E-state index contributed by atoms with van der Waals surface area (Å²) < 4.78 is 0. The molecule has 0 aliphatic heterocycles. The first-order valence-corrected chi connectivity index (χ1v) is 9.25. The lowest BCUT2D eigenvalue weighted by Crippen LogP contribution is -2.78. The van der Waals surface area contributed by atoms with Gasteiger partial charge in [0.25, 0.3) is 0 Å². The Morgan fingerprint density at radius 3 is 1.55 bits per heavy atom. The molecular formula is C18H28N4. The topological polar surface area (TPSA) is 104 Å². The minimum atomic E-state index is -0.881. The summed E-state index contributed by atoms with van der Waals surface area (Å²) in [6.07, 6.45) is 10.3. The molecule has 0 spiro atoms. The van der Waals surface area contributed by atoms with E-state index in [0.717, 1.165) is 41.9 Å². The van der Waals surface area contributed by atoms with Crippen LogP contribution in [-0.4, -0.2) is 11.3 Å². The van der Waals surface area contributed by atoms with Crippen LogP contribution in [0.4, 0.5) is 0 Å². The molecule has 0 heterocycles. The molecule has 8 N–H and O–H groups in total. The van der Waals surface area contributed by atoms with E-state index in [1.807, 2.05) is 0 Å². The van der Waals surface area contributed by atoms with Crippen LogP contribution >= 0.6 is 0 Å². The van der Waals surface area contributed by atoms with Gasteiger partial charge >= 0.3 is 0 Å². The predicted molar refractivity (Wildman–Crippen MR) is 84.7 cm³/mol. The van der Waals surface area contributed by atoms with Crippen LogP contribution in [-0.2, 0) is 0 Å². The molecule has 5 fully saturated rings. The molecule has 5 saturated carbocycles. The molecule has 0 radical (unpaired) electrons. The standard InChI is InChI=1S/C18H28N4/c19-17(20)13-6-14(18(17,21)22)12-5-11(13)15-9-4-10(16(12)15)8-2-1-7(9)3-8/h1-2,7-16H,3-6,19-22H2. The fourth-order valence-electron chi connectivity index (χ4n) is 8.58. The first kappa shape index (κ1) is 12.9. The van der Waals surface area contributed by atoms with Gasteiger partial charge in [0, 0.05) is 0 Å². The Bertz CT molecular complexity index is 536. The number of fused-ring (bicyclic) bond motifs is 17. The summed E-state index contributed by atoms with van der Waals surface area (Å²) >= 11 is 0. The second kappa shape index (κ2) is 3.49. The van der Waals surface area contributed by atoms with E-state index in [9.17, 15) is 0 Å². The minimum Gasteiger partial charge on any atom is -0.311 e. The van der Waals surface area contributed by atoms with Crippen LogP contribution in [0.25, 0.3) is 0 Å². The van der Waals surface area contributed by atoms with Crippen molar-refractivity contribution in [3.8, 4) is 0 Å². The molecule has 6 aliphatic rings. The summed E-state index contributed by atoms with van der Waals surface area (Å²) in [6.45, 7) is 0. The quantitative estimate of drug-likeness (QED) is 0.298. The largest absolute Gasteiger partial charge is 0.311 e. The third-order valence-electron chi connectivity index (χ3n) is 9.28. The Balaban J connectivity index is 1.49. The van der Waals surface area contributed by atoms with E-state index in [1.165, 1.54) is 19.3 Å². The highest BCUT2D eigenvalue weighted by atomic mass is 15.2. The van der Waals surface area contributed by atoms with Crippen molar-refractivity contribution in [3.63, 3.8) is 0 Å². The molecule has 8 bridgehead atoms. The summed E-state index contributed by atoms with van der Waals surface area (Å²) in [7, 11) is 0. The van der Waals surface area contributed by atoms with Gasteiger partial charge in [-0.2, -0.15) is 0 Å². The Morgan fingerprint density at radius 1 is 0.591 bits per heavy atom. The zero-order valence-corrected chi connectivity index (χ0v) is 13.1. The number of allylic oxidation sites excluding steroid dienone is 2. The molecule has 22 heavy (non-hydrogen) atoms. The van der Waals surface area contributed by atoms with Gasteiger partial charge in [-0.05, 0) is 84.9 Å². The molecule has 4 heteroatoms. The van der Waals surface area contributed by atoms with Gasteiger partial charge in [-0.3, -0.25) is 0 Å². The number of hydrogen-bond donors (Lipinski definition) is 4. The third-order valence-corrected chi connectivity index (χ3v) is 9.28. The van der Waals surface area contributed by atoms with Gasteiger partial charge in [0.05, 0.1) is 11.3 Å². The smallest absolute Gasteiger partial charge is 0.0990 e. The average Bonchev–Trinajstić information content (AvgIpc) is 3.12. The molecule has 0 saturated heterocycles. The van der Waals surface area contributed by atoms with Gasteiger partial charge in [0.1, 0.15) is 0 Å². The number of rotatable bonds is 0. The van der Waals surface area contributed by atoms with Gasteiger partial charge < -0.3 is 22.9 Å². The maximum absolute atomic E-state index is 6.54. The zero-order chi connectivity index (χ0) is 15.0. The van der Waals surface area contributed by atoms with Crippen molar-refractivity contribution < 1.29 is 0 Å². The molecule has 6 rings (SSSR count). The monoisotopic (exact) mass is 300 g/mol. The van der Waals surface area contributed by atoms with Gasteiger partial charge in [0.15, 0.2) is 0 Å². The summed E-state index contributed by atoms with van der Waals surface area (Å²) in [5.41, 5.74) is 24.4. The molecule has 0 aromatic heterocycles. The first-order chi connectivity index (χ1) is 10.4. The van der Waals surface area contributed by atoms with Crippen LogP contribution in [0.5, 0.6) is 0 Å². The van der Waals surface area contributed by atoms with E-state index in [0.29, 0.717) is 23.7 Å². The van der Waals surface area contributed by atoms with Crippen molar-refractivity contribution in [2.75, 3.05) is 0 Å². The minimum absolute atomic E-state index is 0.334. The van der Waals surface area contributed by atoms with Crippen LogP contribution in [0.3, 0.4) is 0 Å². The normalized spacial score (nSPS) is 64.2. The van der Waals surface area contributed by atoms with Gasteiger partial charge in [-0.25, -0.2) is 0 Å². The molecular weight excluding hydrogens is 272 g/mol. The highest BCUT2D eigenvalue weighted by Crippen LogP contribution is 2.73. The van der Waals surface area contributed by atoms with Crippen molar-refractivity contribution in [1.29, 1.82) is 0 Å². The van der Waals surface area contributed by atoms with Gasteiger partial charge in [-0.15, -0.1) is 0 Å². The van der Waals surface area contributed by atoms with Crippen molar-refractivity contribution in [2.24, 2.45) is 82.1 Å². The van der Waals surface area contributed by atoms with Gasteiger partial charge in [0.2, 0.25) is 0 Å².